The second-order valence-electron chi connectivity index (χ2n) is 25.4. The Morgan fingerprint density at radius 1 is 0.418 bits per heavy atom. The Balaban J connectivity index is 1.07. The predicted molar refractivity (Wildman–Crippen MR) is 329 cm³/mol. The highest BCUT2D eigenvalue weighted by Crippen LogP contribution is 2.37. The molecule has 560 valence electrons. The highest BCUT2D eigenvalue weighted by molar-refractivity contribution is 5.94. The Bertz CT molecular complexity index is 2660. The van der Waals surface area contributed by atoms with Crippen LogP contribution in [0.15, 0.2) is 24.3 Å². The number of carbonyl (C=O) groups is 5. The van der Waals surface area contributed by atoms with Gasteiger partial charge in [-0.15, -0.1) is 0 Å². The molecule has 6 saturated heterocycles. The van der Waals surface area contributed by atoms with E-state index in [4.69, 9.17) is 56.8 Å². The van der Waals surface area contributed by atoms with E-state index in [9.17, 15) is 95.5 Å². The third-order valence-corrected chi connectivity index (χ3v) is 17.9. The third kappa shape index (κ3) is 20.6. The zero-order valence-electron chi connectivity index (χ0n) is 55.4. The quantitative estimate of drug-likeness (QED) is 0.0298. The fourth-order valence-corrected chi connectivity index (χ4v) is 12.7. The molecule has 36 heteroatoms. The maximum atomic E-state index is 14.0. The van der Waals surface area contributed by atoms with E-state index < -0.39 is 246 Å². The van der Waals surface area contributed by atoms with Crippen LogP contribution in [-0.4, -0.2) is 325 Å². The lowest BCUT2D eigenvalue weighted by Gasteiger charge is -2.51. The molecule has 19 N–H and O–H groups in total. The first kappa shape index (κ1) is 80.7. The van der Waals surface area contributed by atoms with Crippen LogP contribution in [0.5, 0.6) is 5.75 Å². The minimum Gasteiger partial charge on any atom is -0.494 e. The number of carbonyl (C=O) groups excluding carboxylic acids is 5. The van der Waals surface area contributed by atoms with Gasteiger partial charge in [0.1, 0.15) is 146 Å². The van der Waals surface area contributed by atoms with Crippen molar-refractivity contribution in [1.29, 1.82) is 0 Å². The van der Waals surface area contributed by atoms with Crippen molar-refractivity contribution in [3.63, 3.8) is 0 Å². The predicted octanol–water partition coefficient (Wildman–Crippen LogP) is -7.15. The normalized spacial score (nSPS) is 39.8. The summed E-state index contributed by atoms with van der Waals surface area (Å²) in [6.45, 7) is 3.38. The Morgan fingerprint density at radius 3 is 1.26 bits per heavy atom. The van der Waals surface area contributed by atoms with Crippen molar-refractivity contribution in [1.82, 2.24) is 26.6 Å². The summed E-state index contributed by atoms with van der Waals surface area (Å²) in [7, 11) is 0. The number of hydrogen-bond acceptors (Lipinski definition) is 31. The fourth-order valence-electron chi connectivity index (χ4n) is 12.7. The standard InChI is InChI=1S/C62H101N5O31/c1-7-8-9-10-11-12-13-14-15-19-87-32-18-16-17-31(20-32)56(85)67-39-45(78)44(77)33(21-68)91-58(39)95-52-34(22-69)92-59(40(47(52)80)64-28(4)73)96-53-35(23-70)93-60(41(48(53)81)65-29(5)74)97-54-36(24-71)94-61(42(49(54)82)66-30(6)75)98-55-37(90-57(86)38(46(55)79)63-27(3)72)25-88-62-51(84)50(83)43(76)26(2)89-62/h16-18,20,26,33-55,57-62,68-71,76-84,86H,7-15,19,21-25H2,1-6H3,(H,63,72)(H,64,73)(H,65,74)(H,66,75)(H,67,85)/t26?,33?,34-,35?,36-,37?,38-,39-,40?,41-,42?,43?,44+,45+,46+,47?,48?,49?,50-,51+,52+,53+,54+,55?,57?,58?,59?,60-,61?,62+/m0/s1. The maximum absolute atomic E-state index is 14.0. The molecule has 6 aliphatic rings. The van der Waals surface area contributed by atoms with Gasteiger partial charge in [-0.2, -0.15) is 0 Å². The van der Waals surface area contributed by atoms with Crippen LogP contribution in [-0.2, 0) is 71.3 Å². The number of ether oxygens (including phenoxy) is 12. The Hall–Kier alpha value is -4.63. The van der Waals surface area contributed by atoms with E-state index in [0.29, 0.717) is 12.4 Å². The van der Waals surface area contributed by atoms with Crippen LogP contribution in [0.2, 0.25) is 0 Å². The number of benzene rings is 1. The summed E-state index contributed by atoms with van der Waals surface area (Å²) in [4.78, 5) is 65.0. The van der Waals surface area contributed by atoms with E-state index in [1.165, 1.54) is 51.2 Å². The lowest BCUT2D eigenvalue weighted by Crippen LogP contribution is -2.72. The summed E-state index contributed by atoms with van der Waals surface area (Å²) in [6, 6.07) is -2.45. The van der Waals surface area contributed by atoms with Gasteiger partial charge in [-0.25, -0.2) is 0 Å². The third-order valence-electron chi connectivity index (χ3n) is 17.9. The topological polar surface area (TPSA) is 539 Å². The van der Waals surface area contributed by atoms with Crippen molar-refractivity contribution < 1.29 is 152 Å². The van der Waals surface area contributed by atoms with E-state index in [1.807, 2.05) is 0 Å². The number of amides is 5. The van der Waals surface area contributed by atoms with E-state index in [1.54, 1.807) is 12.1 Å². The van der Waals surface area contributed by atoms with Gasteiger partial charge in [0.05, 0.1) is 45.7 Å². The van der Waals surface area contributed by atoms with Crippen LogP contribution in [0.25, 0.3) is 0 Å². The number of rotatable bonds is 32. The molecule has 0 bridgehead atoms. The molecule has 6 aliphatic heterocycles. The van der Waals surface area contributed by atoms with Crippen molar-refractivity contribution in [2.24, 2.45) is 0 Å². The summed E-state index contributed by atoms with van der Waals surface area (Å²) in [5.41, 5.74) is 0.0594. The second-order valence-corrected chi connectivity index (χ2v) is 25.4. The summed E-state index contributed by atoms with van der Waals surface area (Å²) < 4.78 is 72.0. The van der Waals surface area contributed by atoms with E-state index in [-0.39, 0.29) is 5.56 Å². The zero-order chi connectivity index (χ0) is 71.8. The molecule has 36 nitrogen and oxygen atoms in total. The van der Waals surface area contributed by atoms with Crippen LogP contribution in [0.1, 0.15) is 110 Å². The molecule has 5 amide bonds. The van der Waals surface area contributed by atoms with E-state index in [2.05, 4.69) is 33.5 Å². The van der Waals surface area contributed by atoms with Gasteiger partial charge in [-0.1, -0.05) is 64.4 Å². The molecule has 1 aromatic rings. The number of aliphatic hydroxyl groups excluding tert-OH is 14. The van der Waals surface area contributed by atoms with Gasteiger partial charge < -0.3 is 155 Å². The molecule has 6 heterocycles. The molecule has 0 aliphatic carbocycles. The van der Waals surface area contributed by atoms with Gasteiger partial charge in [0, 0.05) is 33.3 Å². The molecule has 98 heavy (non-hydrogen) atoms. The maximum Gasteiger partial charge on any atom is 0.251 e. The molecule has 15 unspecified atom stereocenters. The van der Waals surface area contributed by atoms with Crippen LogP contribution in [0.4, 0.5) is 0 Å². The lowest BCUT2D eigenvalue weighted by molar-refractivity contribution is -0.368. The number of unbranched alkanes of at least 4 members (excludes halogenated alkanes) is 8. The first-order chi connectivity index (χ1) is 46.7. The Morgan fingerprint density at radius 2 is 0.816 bits per heavy atom. The van der Waals surface area contributed by atoms with Crippen molar-refractivity contribution in [2.45, 2.75) is 283 Å². The summed E-state index contributed by atoms with van der Waals surface area (Å²) in [6.07, 6.45) is -34.9. The van der Waals surface area contributed by atoms with Gasteiger partial charge in [0.2, 0.25) is 23.6 Å². The van der Waals surface area contributed by atoms with Crippen molar-refractivity contribution in [3.8, 4) is 5.75 Å². The van der Waals surface area contributed by atoms with Gasteiger partial charge in [-0.3, -0.25) is 24.0 Å². The lowest BCUT2D eigenvalue weighted by atomic mass is 9.93. The SMILES string of the molecule is CCCCCCCCCCCOc1cccc(C(=O)N[C@@H]2C(O[C@H]3C(O)C(NC(C)=O)C(O[C@@H]4C(CO)O[C@@H](O[C@H]5C(O)C(NC(C)=O)C(OC6C(CO[C@@H]7OC(C)C(O)[C@H](O)[C@H]7O)OC(O)[C@@H](NC(C)=O)[C@H]6O)O[C@H]5CO)[C@@H](NC(C)=O)C4O)O[C@H]3CO)OC(CO)[C@@H](O)[C@@H]2O)c1. The summed E-state index contributed by atoms with van der Waals surface area (Å²) in [5, 5.41) is 168. The molecule has 7 rings (SSSR count). The molecule has 0 spiro atoms. The average molecular weight is 1410 g/mol. The van der Waals surface area contributed by atoms with Crippen LogP contribution >= 0.6 is 0 Å². The number of hydrogen-bond donors (Lipinski definition) is 19. The largest absolute Gasteiger partial charge is 0.494 e. The Labute approximate surface area is 565 Å². The molecular weight excluding hydrogens is 1310 g/mol. The molecule has 0 radical (unpaired) electrons. The summed E-state index contributed by atoms with van der Waals surface area (Å²) in [5.74, 6) is -3.68. The van der Waals surface area contributed by atoms with Crippen molar-refractivity contribution in [3.05, 3.63) is 29.8 Å². The highest BCUT2D eigenvalue weighted by atomic mass is 16.8. The minimum atomic E-state index is -2.07. The zero-order valence-corrected chi connectivity index (χ0v) is 55.4. The van der Waals surface area contributed by atoms with Crippen LogP contribution < -0.4 is 31.3 Å². The molecule has 0 saturated carbocycles. The van der Waals surface area contributed by atoms with Crippen LogP contribution in [0, 0.1) is 0 Å². The Kier molecular flexibility index (Phi) is 31.3. The van der Waals surface area contributed by atoms with Crippen molar-refractivity contribution in [2.75, 3.05) is 39.6 Å². The van der Waals surface area contributed by atoms with Gasteiger partial charge in [0.25, 0.3) is 5.91 Å². The first-order valence-electron chi connectivity index (χ1n) is 33.2. The molecule has 30 atom stereocenters. The highest BCUT2D eigenvalue weighted by Gasteiger charge is 2.58. The van der Waals surface area contributed by atoms with E-state index in [0.717, 1.165) is 53.4 Å². The van der Waals surface area contributed by atoms with Gasteiger partial charge in [0.15, 0.2) is 37.7 Å². The second kappa shape index (κ2) is 38.0. The molecule has 1 aromatic carbocycles. The fraction of sp³-hybridized carbons (Fsp3) is 0.823. The average Bonchev–Trinajstić information content (AvgIpc) is 0.772. The van der Waals surface area contributed by atoms with Crippen LogP contribution in [0.3, 0.4) is 0 Å². The minimum absolute atomic E-state index is 0.0594. The molecule has 0 aromatic heterocycles. The first-order valence-corrected chi connectivity index (χ1v) is 33.2. The summed E-state index contributed by atoms with van der Waals surface area (Å²) >= 11 is 0. The van der Waals surface area contributed by atoms with Crippen molar-refractivity contribution >= 4 is 29.5 Å². The van der Waals surface area contributed by atoms with E-state index >= 15 is 0 Å². The monoisotopic (exact) mass is 1410 g/mol. The number of aliphatic hydroxyl groups is 14. The molecular formula is C62H101N5O31. The number of nitrogens with one attached hydrogen (secondary N) is 5. The van der Waals surface area contributed by atoms with Gasteiger partial charge in [-0.05, 0) is 31.5 Å². The smallest absolute Gasteiger partial charge is 0.251 e. The van der Waals surface area contributed by atoms with Gasteiger partial charge >= 0.3 is 0 Å². The molecule has 6 fully saturated rings.